The largest absolute Gasteiger partial charge is 0.573 e. The first-order valence-electron chi connectivity index (χ1n) is 17.5. The first-order chi connectivity index (χ1) is 26.6. The van der Waals surface area contributed by atoms with Gasteiger partial charge >= 0.3 is 12.1 Å². The van der Waals surface area contributed by atoms with Crippen molar-refractivity contribution >= 4 is 17.5 Å². The van der Waals surface area contributed by atoms with Gasteiger partial charge in [-0.25, -0.2) is 4.79 Å². The third-order valence-electron chi connectivity index (χ3n) is 9.76. The zero-order chi connectivity index (χ0) is 40.3. The summed E-state index contributed by atoms with van der Waals surface area (Å²) in [5, 5.41) is 34.8. The minimum atomic E-state index is -4.75. The van der Waals surface area contributed by atoms with Crippen LogP contribution in [0.3, 0.4) is 0 Å². The van der Waals surface area contributed by atoms with Crippen LogP contribution in [0.25, 0.3) is 0 Å². The van der Waals surface area contributed by atoms with E-state index in [1.165, 1.54) is 19.2 Å². The van der Waals surface area contributed by atoms with E-state index in [0.29, 0.717) is 0 Å². The molecule has 3 aliphatic heterocycles. The van der Waals surface area contributed by atoms with Crippen molar-refractivity contribution in [3.63, 3.8) is 0 Å². The van der Waals surface area contributed by atoms with E-state index in [4.69, 9.17) is 24.7 Å². The number of alkyl halides is 3. The number of carbonyl (C=O) groups excluding carboxylic acids is 2. The number of nitrogens with two attached hydrogens (primary N) is 1. The van der Waals surface area contributed by atoms with Crippen molar-refractivity contribution in [3.05, 3.63) is 105 Å². The molecule has 7 N–H and O–H groups in total. The number of aliphatic hydroxyl groups is 3. The average Bonchev–Trinajstić information content (AvgIpc) is 3.48. The van der Waals surface area contributed by atoms with Gasteiger partial charge in [0.15, 0.2) is 18.1 Å². The van der Waals surface area contributed by atoms with Gasteiger partial charge in [-0.2, -0.15) is 0 Å². The number of carbonyl (C=O) groups is 2. The van der Waals surface area contributed by atoms with Crippen LogP contribution in [0.1, 0.15) is 36.1 Å². The number of methoxy groups -OCH3 is 1. The molecule has 6 rings (SSSR count). The number of primary amides is 1. The molecule has 56 heavy (non-hydrogen) atoms. The van der Waals surface area contributed by atoms with Crippen LogP contribution >= 0.6 is 0 Å². The van der Waals surface area contributed by atoms with Crippen molar-refractivity contribution in [3.8, 4) is 5.75 Å². The molecule has 0 bridgehead atoms. The number of piperidine rings is 1. The zero-order valence-electron chi connectivity index (χ0n) is 29.7. The summed E-state index contributed by atoms with van der Waals surface area (Å²) >= 11 is 0. The molecule has 8 atom stereocenters. The van der Waals surface area contributed by atoms with Crippen LogP contribution in [0.15, 0.2) is 82.2 Å². The highest BCUT2D eigenvalue weighted by Gasteiger charge is 2.52. The third kappa shape index (κ3) is 9.23. The Morgan fingerprint density at radius 2 is 1.70 bits per heavy atom. The van der Waals surface area contributed by atoms with Crippen molar-refractivity contribution in [2.75, 3.05) is 25.1 Å². The number of nitrogens with zero attached hydrogens (tertiary/aromatic N) is 2. The molecule has 6 unspecified atom stereocenters. The Bertz CT molecular complexity index is 2000. The molecule has 20 heteroatoms. The van der Waals surface area contributed by atoms with Crippen LogP contribution in [0, 0.1) is 0 Å². The van der Waals surface area contributed by atoms with E-state index in [1.54, 1.807) is 12.1 Å². The van der Waals surface area contributed by atoms with Crippen LogP contribution in [0.2, 0.25) is 0 Å². The predicted octanol–water partition coefficient (Wildman–Crippen LogP) is 0.241. The second-order valence-electron chi connectivity index (χ2n) is 13.4. The molecule has 3 aromatic rings. The Morgan fingerprint density at radius 3 is 2.30 bits per heavy atom. The SMILES string of the molecule is COC1C(O)C(n2ccc(=O)[nH]c2=O)OC1[C@@H](OC1OC(C(=O)NCc2ccc(N3CCC(c4ccc(OC(F)(F)F)cc4)CC3)cc2)=C[C@@H](O)C1O)C(N)=O. The van der Waals surface area contributed by atoms with E-state index in [0.717, 1.165) is 65.7 Å². The smallest absolute Gasteiger partial charge is 0.456 e. The second-order valence-corrected chi connectivity index (χ2v) is 13.4. The molecule has 2 amide bonds. The van der Waals surface area contributed by atoms with Crippen LogP contribution in [-0.2, 0) is 35.1 Å². The minimum absolute atomic E-state index is 0.0405. The molecular formula is C36H40F3N5O12. The molecule has 0 aliphatic carbocycles. The first kappa shape index (κ1) is 40.4. The highest BCUT2D eigenvalue weighted by Crippen LogP contribution is 2.35. The highest BCUT2D eigenvalue weighted by molar-refractivity contribution is 5.91. The molecule has 302 valence electrons. The summed E-state index contributed by atoms with van der Waals surface area (Å²) in [5.74, 6) is -2.47. The minimum Gasteiger partial charge on any atom is -0.456 e. The summed E-state index contributed by atoms with van der Waals surface area (Å²) < 4.78 is 64.6. The van der Waals surface area contributed by atoms with E-state index in [1.807, 2.05) is 29.2 Å². The van der Waals surface area contributed by atoms with E-state index in [9.17, 15) is 47.7 Å². The number of aliphatic hydroxyl groups excluding tert-OH is 3. The summed E-state index contributed by atoms with van der Waals surface area (Å²) in [5.41, 5.74) is 6.57. The number of nitrogens with one attached hydrogen (secondary N) is 2. The molecule has 3 aliphatic rings. The van der Waals surface area contributed by atoms with Gasteiger partial charge in [-0.3, -0.25) is 23.9 Å². The van der Waals surface area contributed by atoms with Gasteiger partial charge in [-0.1, -0.05) is 24.3 Å². The van der Waals surface area contributed by atoms with Gasteiger partial charge in [0.1, 0.15) is 36.3 Å². The molecule has 1 aromatic heterocycles. The maximum absolute atomic E-state index is 13.1. The van der Waals surface area contributed by atoms with Crippen LogP contribution in [-0.4, -0.2) is 106 Å². The summed E-state index contributed by atoms with van der Waals surface area (Å²) in [4.78, 5) is 53.9. The number of rotatable bonds is 12. The first-order valence-corrected chi connectivity index (χ1v) is 17.5. The van der Waals surface area contributed by atoms with Gasteiger partial charge in [-0.15, -0.1) is 13.2 Å². The van der Waals surface area contributed by atoms with Crippen molar-refractivity contribution in [2.24, 2.45) is 5.73 Å². The fourth-order valence-electron chi connectivity index (χ4n) is 6.89. The van der Waals surface area contributed by atoms with Gasteiger partial charge in [0.05, 0.1) is 0 Å². The Labute approximate surface area is 316 Å². The number of aromatic amines is 1. The Kier molecular flexibility index (Phi) is 12.2. The molecule has 2 saturated heterocycles. The number of halogens is 3. The fraction of sp³-hybridized carbons (Fsp3) is 0.444. The number of ether oxygens (including phenoxy) is 5. The fourth-order valence-corrected chi connectivity index (χ4v) is 6.89. The molecule has 0 saturated carbocycles. The normalized spacial score (nSPS) is 26.2. The number of aromatic nitrogens is 2. The molecule has 0 spiro atoms. The molecule has 4 heterocycles. The van der Waals surface area contributed by atoms with Gasteiger partial charge < -0.3 is 55.0 Å². The summed E-state index contributed by atoms with van der Waals surface area (Å²) in [6, 6.07) is 14.4. The summed E-state index contributed by atoms with van der Waals surface area (Å²) in [6.45, 7) is 1.48. The lowest BCUT2D eigenvalue weighted by Crippen LogP contribution is -2.54. The summed E-state index contributed by atoms with van der Waals surface area (Å²) in [6.07, 6.45) is -14.1. The van der Waals surface area contributed by atoms with Crippen molar-refractivity contribution in [2.45, 2.75) is 80.8 Å². The van der Waals surface area contributed by atoms with Gasteiger partial charge in [0, 0.05) is 44.7 Å². The second kappa shape index (κ2) is 16.9. The monoisotopic (exact) mass is 791 g/mol. The number of anilines is 1. The Morgan fingerprint density at radius 1 is 1.02 bits per heavy atom. The van der Waals surface area contributed by atoms with Crippen molar-refractivity contribution in [1.82, 2.24) is 14.9 Å². The van der Waals surface area contributed by atoms with Crippen molar-refractivity contribution < 1.29 is 61.8 Å². The molecule has 0 radical (unpaired) electrons. The van der Waals surface area contributed by atoms with Gasteiger partial charge in [0.2, 0.25) is 12.2 Å². The van der Waals surface area contributed by atoms with Crippen LogP contribution < -0.4 is 31.9 Å². The Balaban J connectivity index is 1.03. The predicted molar refractivity (Wildman–Crippen MR) is 187 cm³/mol. The van der Waals surface area contributed by atoms with Crippen LogP contribution in [0.5, 0.6) is 5.75 Å². The maximum Gasteiger partial charge on any atom is 0.573 e. The number of hydrogen-bond donors (Lipinski definition) is 6. The van der Waals surface area contributed by atoms with Gasteiger partial charge in [-0.05, 0) is 60.2 Å². The maximum atomic E-state index is 13.1. The summed E-state index contributed by atoms with van der Waals surface area (Å²) in [7, 11) is 1.19. The third-order valence-corrected chi connectivity index (χ3v) is 9.76. The molecular weight excluding hydrogens is 751 g/mol. The average molecular weight is 792 g/mol. The van der Waals surface area contributed by atoms with Gasteiger partial charge in [0.25, 0.3) is 11.5 Å². The van der Waals surface area contributed by atoms with Crippen molar-refractivity contribution in [1.29, 1.82) is 0 Å². The zero-order valence-corrected chi connectivity index (χ0v) is 29.7. The number of H-pyrrole nitrogens is 1. The molecule has 2 fully saturated rings. The highest BCUT2D eigenvalue weighted by atomic mass is 19.4. The molecule has 17 nitrogen and oxygen atoms in total. The van der Waals surface area contributed by atoms with E-state index >= 15 is 0 Å². The van der Waals surface area contributed by atoms with E-state index in [-0.39, 0.29) is 18.2 Å². The van der Waals surface area contributed by atoms with Crippen LogP contribution in [0.4, 0.5) is 18.9 Å². The standard InChI is InChI=1S/C36H40F3N5O12/c1-52-28-27(48)33(44-15-12-25(46)42-35(44)51)54-29(28)30(31(40)49)55-34-26(47)23(45)16-24(53-34)32(50)41-17-18-2-6-21(7-3-18)43-13-10-20(11-14-43)19-4-8-22(9-5-19)56-36(37,38)39/h2-9,12,15-16,20,23,26-30,33-34,45,47-48H,10-11,13-14,17H2,1H3,(H2,40,49)(H,41,50)(H,42,46,51)/t23-,26?,27?,28?,29?,30-,33?,34?/m1/s1. The Hall–Kier alpha value is -5.25. The van der Waals surface area contributed by atoms with E-state index in [2.05, 4.69) is 15.0 Å². The lowest BCUT2D eigenvalue weighted by atomic mass is 9.89. The number of benzene rings is 2. The lowest BCUT2D eigenvalue weighted by molar-refractivity contribution is -0.274. The quantitative estimate of drug-likeness (QED) is 0.144. The number of hydrogen-bond acceptors (Lipinski definition) is 13. The topological polar surface area (TPSA) is 237 Å². The molecule has 2 aromatic carbocycles. The van der Waals surface area contributed by atoms with E-state index < -0.39 is 84.3 Å². The number of amides is 2. The lowest BCUT2D eigenvalue weighted by Gasteiger charge is -2.35.